The van der Waals surface area contributed by atoms with Crippen molar-refractivity contribution in [2.24, 2.45) is 35.0 Å². The van der Waals surface area contributed by atoms with Gasteiger partial charge in [0.05, 0.1) is 25.7 Å². The van der Waals surface area contributed by atoms with E-state index in [1.165, 1.54) is 19.6 Å². The summed E-state index contributed by atoms with van der Waals surface area (Å²) in [6, 6.07) is 46.2. The van der Waals surface area contributed by atoms with Crippen LogP contribution in [0.25, 0.3) is 28.0 Å². The zero-order chi connectivity index (χ0) is 57.9. The normalized spacial score (nSPS) is 28.5. The first-order valence-electron chi connectivity index (χ1n) is 30.0. The lowest BCUT2D eigenvalue weighted by molar-refractivity contribution is -0.179. The standard InChI is InChI=1S/C73H73NO10/c1-43(75)83-67-36-55(35-60-58-38-69(82-3)65(78)31-51(58)29-61-64(77)39-62-59-37-66(79)68(81-2)32-52(59)30-63(67)73(62,70(60)61)25-23-44-12-6-4-7-13-44)84-71(80)72-24-11-17-46(40-72)19-20-48(26-45-14-8-5-9-15-45)42-74-41-47-16-10-18-49(27-47)57-34-54(76)28-50-21-22-53(72)33-56(50)57/h4-10,12-16,18,21-23,25,27-28,31-34,37-38,46,48,55,60-64,67,70,74,76-79H,11,17,24,26,29-30,35-36,39-42H2,1-3H3/b25-23+/t46-,48+,55+,60-,61-,62+,63-,64+,67-,70+,72-,73-/m1/s1. The topological polar surface area (TPSA) is 164 Å². The van der Waals surface area contributed by atoms with E-state index >= 15 is 4.79 Å². The van der Waals surface area contributed by atoms with E-state index in [-0.39, 0.29) is 65.1 Å². The molecule has 0 unspecified atom stereocenters. The molecule has 0 amide bonds. The van der Waals surface area contributed by atoms with E-state index in [9.17, 15) is 25.2 Å². The minimum Gasteiger partial charge on any atom is -0.508 e. The van der Waals surface area contributed by atoms with Crippen LogP contribution < -0.4 is 14.8 Å². The van der Waals surface area contributed by atoms with Crippen molar-refractivity contribution in [3.8, 4) is 51.7 Å². The average Bonchev–Trinajstić information content (AvgIpc) is 0.973. The summed E-state index contributed by atoms with van der Waals surface area (Å²) in [6.07, 6.45) is 7.07. The zero-order valence-corrected chi connectivity index (χ0v) is 47.9. The molecule has 3 saturated carbocycles. The molecule has 0 radical (unpaired) electrons. The van der Waals surface area contributed by atoms with E-state index in [1.807, 2.05) is 60.7 Å². The van der Waals surface area contributed by atoms with Gasteiger partial charge in [0.25, 0.3) is 0 Å². The van der Waals surface area contributed by atoms with Gasteiger partial charge in [-0.3, -0.25) is 9.59 Å². The summed E-state index contributed by atoms with van der Waals surface area (Å²) in [4.78, 5) is 30.4. The van der Waals surface area contributed by atoms with Gasteiger partial charge in [0, 0.05) is 49.6 Å². The van der Waals surface area contributed by atoms with Gasteiger partial charge in [-0.2, -0.15) is 0 Å². The van der Waals surface area contributed by atoms with Crippen molar-refractivity contribution in [1.29, 1.82) is 0 Å². The van der Waals surface area contributed by atoms with Crippen LogP contribution in [0.2, 0.25) is 0 Å². The molecule has 7 aromatic rings. The molecule has 0 aromatic heterocycles. The third-order valence-electron chi connectivity index (χ3n) is 20.1. The van der Waals surface area contributed by atoms with Gasteiger partial charge in [0.2, 0.25) is 0 Å². The number of aromatic hydroxyl groups is 3. The lowest BCUT2D eigenvalue weighted by Gasteiger charge is -2.64. The van der Waals surface area contributed by atoms with Crippen LogP contribution >= 0.6 is 0 Å². The predicted octanol–water partition coefficient (Wildman–Crippen LogP) is 12.7. The Morgan fingerprint density at radius 1 is 0.762 bits per heavy atom. The molecule has 6 bridgehead atoms. The van der Waals surface area contributed by atoms with Crippen LogP contribution in [0.1, 0.15) is 108 Å². The lowest BCUT2D eigenvalue weighted by Crippen LogP contribution is -2.62. The summed E-state index contributed by atoms with van der Waals surface area (Å²) in [7, 11) is 3.08. The fraction of sp³-hybridized carbons (Fsp3) is 0.370. The Hall–Kier alpha value is -8.04. The number of phenols is 3. The molecule has 430 valence electrons. The third-order valence-corrected chi connectivity index (χ3v) is 20.1. The van der Waals surface area contributed by atoms with Gasteiger partial charge in [-0.05, 0) is 190 Å². The molecule has 3 fully saturated rings. The number of allylic oxidation sites excluding steroid dienone is 1. The number of aliphatic hydroxyl groups excluding tert-OH is 1. The number of methoxy groups -OCH3 is 2. The second-order valence-electron chi connectivity index (χ2n) is 24.8. The minimum atomic E-state index is -1.16. The Balaban J connectivity index is 0.984. The Labute approximate surface area is 491 Å². The average molecular weight is 1120 g/mol. The van der Waals surface area contributed by atoms with Gasteiger partial charge in [0.15, 0.2) is 23.0 Å². The van der Waals surface area contributed by atoms with Crippen molar-refractivity contribution in [2.45, 2.75) is 113 Å². The predicted molar refractivity (Wildman–Crippen MR) is 324 cm³/mol. The molecular formula is C73H73NO10. The van der Waals surface area contributed by atoms with Gasteiger partial charge in [0.1, 0.15) is 18.0 Å². The highest BCUT2D eigenvalue weighted by Gasteiger charge is 2.65. The molecule has 11 heteroatoms. The van der Waals surface area contributed by atoms with E-state index in [0.717, 1.165) is 80.1 Å². The van der Waals surface area contributed by atoms with Crippen LogP contribution in [0.4, 0.5) is 0 Å². The molecule has 0 spiro atoms. The van der Waals surface area contributed by atoms with Crippen molar-refractivity contribution >= 4 is 28.8 Å². The molecule has 5 N–H and O–H groups in total. The first-order chi connectivity index (χ1) is 40.8. The number of carbonyl (C=O) groups is 2. The first-order valence-corrected chi connectivity index (χ1v) is 30.0. The van der Waals surface area contributed by atoms with Crippen molar-refractivity contribution in [3.63, 3.8) is 0 Å². The van der Waals surface area contributed by atoms with Crippen LogP contribution in [0.5, 0.6) is 28.7 Å². The number of rotatable bonds is 9. The maximum Gasteiger partial charge on any atom is 0.316 e. The smallest absolute Gasteiger partial charge is 0.316 e. The number of benzene rings is 7. The first kappa shape index (κ1) is 55.2. The van der Waals surface area contributed by atoms with Gasteiger partial charge < -0.3 is 44.7 Å². The van der Waals surface area contributed by atoms with Crippen LogP contribution in [0, 0.1) is 46.8 Å². The number of esters is 2. The largest absolute Gasteiger partial charge is 0.508 e. The molecule has 6 aliphatic rings. The van der Waals surface area contributed by atoms with E-state index < -0.39 is 41.0 Å². The summed E-state index contributed by atoms with van der Waals surface area (Å²) in [5.74, 6) is 5.51. The van der Waals surface area contributed by atoms with Crippen molar-refractivity contribution in [2.75, 3.05) is 20.8 Å². The van der Waals surface area contributed by atoms with Crippen LogP contribution in [-0.2, 0) is 50.3 Å². The summed E-state index contributed by atoms with van der Waals surface area (Å²) in [5.41, 5.74) is 7.63. The molecular weight excluding hydrogens is 1050 g/mol. The Kier molecular flexibility index (Phi) is 14.8. The highest BCUT2D eigenvalue weighted by atomic mass is 16.6. The molecule has 0 saturated heterocycles. The van der Waals surface area contributed by atoms with E-state index in [0.29, 0.717) is 63.1 Å². The SMILES string of the molecule is COc1cc2c(cc1O)[C@@H]1C[C@H](O)[C@H]3Cc4cc(O)c(OC)cc4[C@H]4C[C@H](OC(=O)[C@@]56CCC[C@H](C#C[C@@H](Cc7ccccc7)CNCc7cccc(c7)-c7cc(O)cc8ccc5cc78)C6)C[C@@H](OC(C)=O)[C@@H](C2)[C@]1(/C=C/c1ccccc1)[C@H]34. The number of fused-ring (bicyclic) bond motifs is 11. The fourth-order valence-electron chi connectivity index (χ4n) is 16.5. The molecule has 13 rings (SSSR count). The number of hydrogen-bond acceptors (Lipinski definition) is 11. The number of ether oxygens (including phenoxy) is 4. The van der Waals surface area contributed by atoms with Gasteiger partial charge >= 0.3 is 11.9 Å². The highest BCUT2D eigenvalue weighted by Crippen LogP contribution is 2.70. The maximum atomic E-state index is 16.5. The number of aliphatic hydroxyl groups is 1. The van der Waals surface area contributed by atoms with Crippen LogP contribution in [0.15, 0.2) is 146 Å². The number of phenolic OH excluding ortho intramolecular Hbond substituents is 3. The Bertz CT molecular complexity index is 3750. The highest BCUT2D eigenvalue weighted by molar-refractivity contribution is 5.99. The quantitative estimate of drug-likeness (QED) is 0.0690. The summed E-state index contributed by atoms with van der Waals surface area (Å²) in [5, 5.41) is 52.7. The van der Waals surface area contributed by atoms with Gasteiger partial charge in [-0.15, -0.1) is 0 Å². The minimum absolute atomic E-state index is 0.00615. The van der Waals surface area contributed by atoms with Gasteiger partial charge in [-0.1, -0.05) is 121 Å². The molecule has 5 aliphatic carbocycles. The summed E-state index contributed by atoms with van der Waals surface area (Å²) < 4.78 is 25.7. The summed E-state index contributed by atoms with van der Waals surface area (Å²) in [6.45, 7) is 2.75. The second-order valence-corrected chi connectivity index (χ2v) is 24.8. The number of hydrogen-bond donors (Lipinski definition) is 5. The van der Waals surface area contributed by atoms with E-state index in [2.05, 4.69) is 96.0 Å². The Morgan fingerprint density at radius 3 is 2.33 bits per heavy atom. The van der Waals surface area contributed by atoms with E-state index in [1.54, 1.807) is 19.2 Å². The molecule has 11 nitrogen and oxygen atoms in total. The zero-order valence-electron chi connectivity index (χ0n) is 47.9. The van der Waals surface area contributed by atoms with E-state index in [4.69, 9.17) is 18.9 Å². The number of nitrogens with one attached hydrogen (secondary N) is 1. The lowest BCUT2D eigenvalue weighted by atomic mass is 9.40. The third kappa shape index (κ3) is 10.0. The number of carbonyl (C=O) groups excluding carboxylic acids is 2. The molecule has 1 aliphatic heterocycles. The van der Waals surface area contributed by atoms with Crippen molar-refractivity contribution < 1.29 is 49.0 Å². The fourth-order valence-corrected chi connectivity index (χ4v) is 16.5. The van der Waals surface area contributed by atoms with Crippen molar-refractivity contribution in [1.82, 2.24) is 5.32 Å². The maximum absolute atomic E-state index is 16.5. The Morgan fingerprint density at radius 2 is 1.54 bits per heavy atom. The monoisotopic (exact) mass is 1120 g/mol. The second kappa shape index (κ2) is 22.5. The van der Waals surface area contributed by atoms with Crippen LogP contribution in [-0.4, -0.2) is 71.4 Å². The van der Waals surface area contributed by atoms with Crippen molar-refractivity contribution in [3.05, 3.63) is 190 Å². The summed E-state index contributed by atoms with van der Waals surface area (Å²) >= 11 is 0. The molecule has 1 heterocycles. The molecule has 84 heavy (non-hydrogen) atoms. The molecule has 7 aromatic carbocycles. The molecule has 12 atom stereocenters. The van der Waals surface area contributed by atoms with Crippen LogP contribution in [0.3, 0.4) is 0 Å². The van der Waals surface area contributed by atoms with Gasteiger partial charge in [-0.25, -0.2) is 0 Å².